The lowest BCUT2D eigenvalue weighted by Crippen LogP contribution is -2.25. The van der Waals surface area contributed by atoms with Crippen LogP contribution in [-0.4, -0.2) is 13.1 Å². The molecule has 96 valence electrons. The number of nitriles is 1. The molecule has 2 rings (SSSR count). The molecule has 0 aromatic heterocycles. The van der Waals surface area contributed by atoms with Gasteiger partial charge < -0.3 is 4.90 Å². The summed E-state index contributed by atoms with van der Waals surface area (Å²) in [5.74, 6) is -0.326. The molecular weight excluding hydrogens is 227 g/mol. The largest absolute Gasteiger partial charge is 0.371 e. The first-order valence-electron chi connectivity index (χ1n) is 6.46. The molecule has 1 saturated heterocycles. The van der Waals surface area contributed by atoms with E-state index in [9.17, 15) is 4.39 Å². The zero-order valence-electron chi connectivity index (χ0n) is 11.0. The maximum absolute atomic E-state index is 13.4. The van der Waals surface area contributed by atoms with Crippen LogP contribution >= 0.6 is 0 Å². The summed E-state index contributed by atoms with van der Waals surface area (Å²) in [4.78, 5) is 2.19. The average molecular weight is 246 g/mol. The van der Waals surface area contributed by atoms with E-state index in [-0.39, 0.29) is 5.82 Å². The van der Waals surface area contributed by atoms with E-state index in [2.05, 4.69) is 18.7 Å². The molecule has 0 N–H and O–H groups in total. The summed E-state index contributed by atoms with van der Waals surface area (Å²) in [7, 11) is 0. The van der Waals surface area contributed by atoms with Crippen molar-refractivity contribution in [3.63, 3.8) is 0 Å². The smallest absolute Gasteiger partial charge is 0.126 e. The number of benzene rings is 1. The third-order valence-electron chi connectivity index (χ3n) is 3.72. The fourth-order valence-corrected chi connectivity index (χ4v) is 2.50. The molecule has 1 aliphatic heterocycles. The molecule has 0 saturated carbocycles. The first kappa shape index (κ1) is 12.9. The molecule has 0 bridgehead atoms. The number of hydrogen-bond donors (Lipinski definition) is 0. The van der Waals surface area contributed by atoms with Gasteiger partial charge in [-0.15, -0.1) is 0 Å². The number of nitrogens with zero attached hydrogens (tertiary/aromatic N) is 2. The van der Waals surface area contributed by atoms with Gasteiger partial charge in [0.15, 0.2) is 0 Å². The summed E-state index contributed by atoms with van der Waals surface area (Å²) in [6.45, 7) is 6.44. The van der Waals surface area contributed by atoms with Gasteiger partial charge in [-0.05, 0) is 42.9 Å². The van der Waals surface area contributed by atoms with Gasteiger partial charge in [-0.1, -0.05) is 13.8 Å². The van der Waals surface area contributed by atoms with E-state index < -0.39 is 0 Å². The van der Waals surface area contributed by atoms with Crippen LogP contribution in [0.4, 0.5) is 10.1 Å². The molecule has 0 aliphatic carbocycles. The van der Waals surface area contributed by atoms with Crippen molar-refractivity contribution in [1.29, 1.82) is 5.26 Å². The van der Waals surface area contributed by atoms with Crippen LogP contribution < -0.4 is 4.90 Å². The maximum atomic E-state index is 13.4. The molecule has 0 amide bonds. The molecular formula is C15H19FN2. The second-order valence-corrected chi connectivity index (χ2v) is 5.81. The summed E-state index contributed by atoms with van der Waals surface area (Å²) in [5.41, 5.74) is 1.60. The van der Waals surface area contributed by atoms with Crippen LogP contribution in [0.15, 0.2) is 18.2 Å². The average Bonchev–Trinajstić information content (AvgIpc) is 2.49. The van der Waals surface area contributed by atoms with Crippen molar-refractivity contribution < 1.29 is 4.39 Å². The highest BCUT2D eigenvalue weighted by molar-refractivity contribution is 5.52. The lowest BCUT2D eigenvalue weighted by atomic mass is 9.85. The van der Waals surface area contributed by atoms with Crippen LogP contribution in [0.1, 0.15) is 38.7 Å². The third-order valence-corrected chi connectivity index (χ3v) is 3.72. The van der Waals surface area contributed by atoms with Crippen LogP contribution in [0.2, 0.25) is 0 Å². The van der Waals surface area contributed by atoms with Crippen LogP contribution in [0.3, 0.4) is 0 Å². The Kier molecular flexibility index (Phi) is 3.56. The lowest BCUT2D eigenvalue weighted by molar-refractivity contribution is 0.325. The van der Waals surface area contributed by atoms with Gasteiger partial charge in [-0.2, -0.15) is 5.26 Å². The van der Waals surface area contributed by atoms with Gasteiger partial charge in [-0.3, -0.25) is 0 Å². The van der Waals surface area contributed by atoms with Gasteiger partial charge in [0.25, 0.3) is 0 Å². The van der Waals surface area contributed by atoms with E-state index >= 15 is 0 Å². The Bertz CT molecular complexity index is 474. The number of hydrogen-bond acceptors (Lipinski definition) is 2. The third kappa shape index (κ3) is 3.01. The van der Waals surface area contributed by atoms with E-state index in [0.29, 0.717) is 11.0 Å². The first-order chi connectivity index (χ1) is 8.50. The monoisotopic (exact) mass is 246 g/mol. The van der Waals surface area contributed by atoms with E-state index in [4.69, 9.17) is 5.26 Å². The van der Waals surface area contributed by atoms with Crippen molar-refractivity contribution >= 4 is 5.69 Å². The van der Waals surface area contributed by atoms with Crippen LogP contribution in [0.5, 0.6) is 0 Å². The fraction of sp³-hybridized carbons (Fsp3) is 0.533. The molecule has 1 fully saturated rings. The van der Waals surface area contributed by atoms with Crippen molar-refractivity contribution in [3.05, 3.63) is 29.6 Å². The highest BCUT2D eigenvalue weighted by atomic mass is 19.1. The minimum Gasteiger partial charge on any atom is -0.371 e. The highest BCUT2D eigenvalue weighted by Gasteiger charge is 2.23. The van der Waals surface area contributed by atoms with Crippen molar-refractivity contribution in [2.24, 2.45) is 5.41 Å². The predicted molar refractivity (Wildman–Crippen MR) is 71.0 cm³/mol. The molecule has 1 heterocycles. The minimum atomic E-state index is -0.326. The second kappa shape index (κ2) is 4.97. The van der Waals surface area contributed by atoms with Gasteiger partial charge in [0.1, 0.15) is 5.82 Å². The molecule has 0 spiro atoms. The lowest BCUT2D eigenvalue weighted by Gasteiger charge is -2.25. The van der Waals surface area contributed by atoms with Crippen molar-refractivity contribution in [1.82, 2.24) is 0 Å². The van der Waals surface area contributed by atoms with Crippen LogP contribution in [0, 0.1) is 22.6 Å². The number of halogens is 1. The fourth-order valence-electron chi connectivity index (χ4n) is 2.50. The normalized spacial score (nSPS) is 19.1. The SMILES string of the molecule is CC1(C)CCCN(c2cc(F)cc(C#N)c2)CC1. The second-order valence-electron chi connectivity index (χ2n) is 5.81. The van der Waals surface area contributed by atoms with Crippen molar-refractivity contribution in [2.75, 3.05) is 18.0 Å². The van der Waals surface area contributed by atoms with E-state index in [1.807, 2.05) is 6.07 Å². The Morgan fingerprint density at radius 2 is 2.00 bits per heavy atom. The van der Waals surface area contributed by atoms with Gasteiger partial charge in [0, 0.05) is 18.8 Å². The quantitative estimate of drug-likeness (QED) is 0.755. The summed E-state index contributed by atoms with van der Waals surface area (Å²) in [6, 6.07) is 6.60. The predicted octanol–water partition coefficient (Wildman–Crippen LogP) is 3.71. The zero-order chi connectivity index (χ0) is 13.2. The number of rotatable bonds is 1. The molecule has 2 nitrogen and oxygen atoms in total. The molecule has 3 heteroatoms. The summed E-state index contributed by atoms with van der Waals surface area (Å²) in [6.07, 6.45) is 3.42. The summed E-state index contributed by atoms with van der Waals surface area (Å²) >= 11 is 0. The maximum Gasteiger partial charge on any atom is 0.126 e. The minimum absolute atomic E-state index is 0.326. The van der Waals surface area contributed by atoms with Gasteiger partial charge >= 0.3 is 0 Å². The van der Waals surface area contributed by atoms with E-state index in [1.54, 1.807) is 6.07 Å². The Hall–Kier alpha value is -1.56. The van der Waals surface area contributed by atoms with E-state index in [0.717, 1.165) is 31.6 Å². The molecule has 1 aromatic carbocycles. The van der Waals surface area contributed by atoms with Gasteiger partial charge in [0.05, 0.1) is 11.6 Å². The standard InChI is InChI=1S/C15H19FN2/c1-15(2)4-3-6-18(7-5-15)14-9-12(11-17)8-13(16)10-14/h8-10H,3-7H2,1-2H3. The van der Waals surface area contributed by atoms with Gasteiger partial charge in [0.2, 0.25) is 0 Å². The zero-order valence-corrected chi connectivity index (χ0v) is 11.0. The van der Waals surface area contributed by atoms with Crippen LogP contribution in [0.25, 0.3) is 0 Å². The molecule has 1 aromatic rings. The van der Waals surface area contributed by atoms with Gasteiger partial charge in [-0.25, -0.2) is 4.39 Å². The van der Waals surface area contributed by atoms with E-state index in [1.165, 1.54) is 18.6 Å². The molecule has 0 radical (unpaired) electrons. The summed E-state index contributed by atoms with van der Waals surface area (Å²) < 4.78 is 13.4. The molecule has 0 atom stereocenters. The molecule has 18 heavy (non-hydrogen) atoms. The van der Waals surface area contributed by atoms with Crippen LogP contribution in [-0.2, 0) is 0 Å². The van der Waals surface area contributed by atoms with Crippen molar-refractivity contribution in [2.45, 2.75) is 33.1 Å². The Morgan fingerprint density at radius 3 is 2.72 bits per heavy atom. The Morgan fingerprint density at radius 1 is 1.22 bits per heavy atom. The Balaban J connectivity index is 2.21. The van der Waals surface area contributed by atoms with Crippen molar-refractivity contribution in [3.8, 4) is 6.07 Å². The Labute approximate surface area is 108 Å². The first-order valence-corrected chi connectivity index (χ1v) is 6.46. The summed E-state index contributed by atoms with van der Waals surface area (Å²) in [5, 5.41) is 8.89. The molecule has 0 unspecified atom stereocenters. The molecule has 1 aliphatic rings. The highest BCUT2D eigenvalue weighted by Crippen LogP contribution is 2.32. The topological polar surface area (TPSA) is 27.0 Å². The number of anilines is 1.